The lowest BCUT2D eigenvalue weighted by molar-refractivity contribution is 0.302. The third-order valence-electron chi connectivity index (χ3n) is 4.90. The molecular formula is C25H19N5O. The van der Waals surface area contributed by atoms with Gasteiger partial charge in [0.2, 0.25) is 0 Å². The summed E-state index contributed by atoms with van der Waals surface area (Å²) in [6.45, 7) is 0.427. The van der Waals surface area contributed by atoms with Crippen LogP contribution < -0.4 is 4.74 Å². The van der Waals surface area contributed by atoms with E-state index in [0.29, 0.717) is 12.4 Å². The third kappa shape index (κ3) is 4.48. The Kier molecular flexibility index (Phi) is 5.18. The van der Waals surface area contributed by atoms with Gasteiger partial charge in [0.1, 0.15) is 12.4 Å². The highest BCUT2D eigenvalue weighted by Crippen LogP contribution is 2.19. The first-order valence-electron chi connectivity index (χ1n) is 9.93. The molecule has 2 aromatic heterocycles. The van der Waals surface area contributed by atoms with E-state index in [1.807, 2.05) is 72.8 Å². The molecule has 6 heteroatoms. The molecule has 0 bridgehead atoms. The van der Waals surface area contributed by atoms with E-state index in [-0.39, 0.29) is 0 Å². The van der Waals surface area contributed by atoms with Crippen molar-refractivity contribution in [3.63, 3.8) is 0 Å². The van der Waals surface area contributed by atoms with E-state index in [1.165, 1.54) is 0 Å². The van der Waals surface area contributed by atoms with Crippen molar-refractivity contribution in [1.82, 2.24) is 25.6 Å². The van der Waals surface area contributed by atoms with E-state index in [4.69, 9.17) is 4.74 Å². The first-order chi connectivity index (χ1) is 15.3. The Balaban J connectivity index is 1.25. The van der Waals surface area contributed by atoms with Gasteiger partial charge in [-0.25, -0.2) is 10.1 Å². The van der Waals surface area contributed by atoms with Gasteiger partial charge in [-0.05, 0) is 45.8 Å². The number of H-pyrrole nitrogens is 1. The fourth-order valence-corrected chi connectivity index (χ4v) is 3.28. The summed E-state index contributed by atoms with van der Waals surface area (Å²) < 4.78 is 5.97. The molecule has 0 aliphatic carbocycles. The molecule has 5 rings (SSSR count). The first-order valence-corrected chi connectivity index (χ1v) is 9.93. The molecule has 0 radical (unpaired) electrons. The number of benzene rings is 3. The summed E-state index contributed by atoms with van der Waals surface area (Å²) >= 11 is 0. The van der Waals surface area contributed by atoms with Crippen LogP contribution >= 0.6 is 0 Å². The minimum absolute atomic E-state index is 0.427. The second-order valence-electron chi connectivity index (χ2n) is 7.06. The van der Waals surface area contributed by atoms with Gasteiger partial charge in [-0.15, -0.1) is 5.10 Å². The zero-order chi connectivity index (χ0) is 20.9. The monoisotopic (exact) mass is 405 g/mol. The lowest BCUT2D eigenvalue weighted by Gasteiger charge is -2.07. The van der Waals surface area contributed by atoms with E-state index >= 15 is 0 Å². The predicted octanol–water partition coefficient (Wildman–Crippen LogP) is 5.16. The van der Waals surface area contributed by atoms with Gasteiger partial charge < -0.3 is 4.74 Å². The Morgan fingerprint density at radius 3 is 2.55 bits per heavy atom. The van der Waals surface area contributed by atoms with E-state index in [0.717, 1.165) is 39.0 Å². The topological polar surface area (TPSA) is 76.6 Å². The van der Waals surface area contributed by atoms with Gasteiger partial charge in [0.25, 0.3) is 0 Å². The number of aromatic nitrogens is 5. The van der Waals surface area contributed by atoms with Gasteiger partial charge in [0, 0.05) is 10.9 Å². The zero-order valence-corrected chi connectivity index (χ0v) is 16.6. The number of nitrogens with one attached hydrogen (secondary N) is 1. The molecular weight excluding hydrogens is 386 g/mol. The number of fused-ring (bicyclic) bond motifs is 1. The molecule has 0 aliphatic rings. The van der Waals surface area contributed by atoms with Crippen molar-refractivity contribution in [1.29, 1.82) is 0 Å². The summed E-state index contributed by atoms with van der Waals surface area (Å²) in [5, 5.41) is 15.0. The van der Waals surface area contributed by atoms with Crippen LogP contribution in [0.25, 0.3) is 34.4 Å². The largest absolute Gasteiger partial charge is 0.487 e. The van der Waals surface area contributed by atoms with Gasteiger partial charge in [-0.2, -0.15) is 0 Å². The Bertz CT molecular complexity index is 1330. The summed E-state index contributed by atoms with van der Waals surface area (Å²) in [7, 11) is 0. The molecule has 0 aliphatic heterocycles. The Labute approximate surface area is 179 Å². The molecule has 150 valence electrons. The van der Waals surface area contributed by atoms with Gasteiger partial charge in [0.15, 0.2) is 5.82 Å². The van der Waals surface area contributed by atoms with Gasteiger partial charge in [0.05, 0.1) is 11.2 Å². The van der Waals surface area contributed by atoms with Crippen LogP contribution in [0.2, 0.25) is 0 Å². The SMILES string of the molecule is C(=C\c1cccc(OCc2ccc3ccccc3n2)c1)/c1ccc(-c2nnn[nH]2)cc1. The second-order valence-corrected chi connectivity index (χ2v) is 7.06. The Hall–Kier alpha value is -4.32. The maximum absolute atomic E-state index is 5.97. The molecule has 0 spiro atoms. The number of para-hydroxylation sites is 1. The highest BCUT2D eigenvalue weighted by atomic mass is 16.5. The van der Waals surface area contributed by atoms with E-state index in [1.54, 1.807) is 0 Å². The number of pyridine rings is 1. The summed E-state index contributed by atoms with van der Waals surface area (Å²) in [6, 6.07) is 28.2. The van der Waals surface area contributed by atoms with Gasteiger partial charge in [-0.3, -0.25) is 0 Å². The third-order valence-corrected chi connectivity index (χ3v) is 4.90. The van der Waals surface area contributed by atoms with Crippen LogP contribution in [0.15, 0.2) is 84.9 Å². The average molecular weight is 405 g/mol. The number of rotatable bonds is 6. The molecule has 31 heavy (non-hydrogen) atoms. The van der Waals surface area contributed by atoms with Crippen LogP contribution in [0.3, 0.4) is 0 Å². The lowest BCUT2D eigenvalue weighted by atomic mass is 10.1. The van der Waals surface area contributed by atoms with E-state index < -0.39 is 0 Å². The number of nitrogens with zero attached hydrogens (tertiary/aromatic N) is 4. The molecule has 0 saturated carbocycles. The van der Waals surface area contributed by atoms with Crippen molar-refractivity contribution < 1.29 is 4.74 Å². The van der Waals surface area contributed by atoms with Gasteiger partial charge >= 0.3 is 0 Å². The van der Waals surface area contributed by atoms with Crippen molar-refractivity contribution in [2.75, 3.05) is 0 Å². The number of hydrogen-bond donors (Lipinski definition) is 1. The fourth-order valence-electron chi connectivity index (χ4n) is 3.28. The van der Waals surface area contributed by atoms with Crippen LogP contribution in [-0.2, 0) is 6.61 Å². The van der Waals surface area contributed by atoms with Crippen LogP contribution in [0.4, 0.5) is 0 Å². The summed E-state index contributed by atoms with van der Waals surface area (Å²) in [6.07, 6.45) is 4.12. The summed E-state index contributed by atoms with van der Waals surface area (Å²) in [5.41, 5.74) is 4.97. The van der Waals surface area contributed by atoms with Gasteiger partial charge in [-0.1, -0.05) is 72.8 Å². The average Bonchev–Trinajstić information content (AvgIpc) is 3.37. The lowest BCUT2D eigenvalue weighted by Crippen LogP contribution is -1.98. The molecule has 0 fully saturated rings. The van der Waals surface area contributed by atoms with Crippen LogP contribution in [0.5, 0.6) is 5.75 Å². The number of aromatic amines is 1. The minimum atomic E-state index is 0.427. The quantitative estimate of drug-likeness (QED) is 0.395. The fraction of sp³-hybridized carbons (Fsp3) is 0.0400. The van der Waals surface area contributed by atoms with Crippen molar-refractivity contribution in [2.24, 2.45) is 0 Å². The maximum atomic E-state index is 5.97. The predicted molar refractivity (Wildman–Crippen MR) is 121 cm³/mol. The van der Waals surface area contributed by atoms with E-state index in [2.05, 4.69) is 49.9 Å². The molecule has 6 nitrogen and oxygen atoms in total. The molecule has 2 heterocycles. The molecule has 0 unspecified atom stereocenters. The Morgan fingerprint density at radius 1 is 0.806 bits per heavy atom. The standard InChI is InChI=1S/C25H19N5O/c1-2-7-24-20(5-1)14-15-22(26-24)17-31-23-6-3-4-19(16-23)9-8-18-10-12-21(13-11-18)25-27-29-30-28-25/h1-16H,17H2,(H,27,28,29,30)/b9-8+. The summed E-state index contributed by atoms with van der Waals surface area (Å²) in [4.78, 5) is 4.66. The van der Waals surface area contributed by atoms with Crippen molar-refractivity contribution >= 4 is 23.1 Å². The highest BCUT2D eigenvalue weighted by Gasteiger charge is 2.02. The molecule has 0 amide bonds. The number of ether oxygens (including phenoxy) is 1. The van der Waals surface area contributed by atoms with Crippen LogP contribution in [0.1, 0.15) is 16.8 Å². The zero-order valence-electron chi connectivity index (χ0n) is 16.6. The van der Waals surface area contributed by atoms with Crippen molar-refractivity contribution in [2.45, 2.75) is 6.61 Å². The molecule has 1 N–H and O–H groups in total. The number of tetrazole rings is 1. The molecule has 0 saturated heterocycles. The summed E-state index contributed by atoms with van der Waals surface area (Å²) in [5.74, 6) is 1.46. The molecule has 3 aromatic carbocycles. The normalized spacial score (nSPS) is 11.2. The maximum Gasteiger partial charge on any atom is 0.179 e. The van der Waals surface area contributed by atoms with Crippen LogP contribution in [0, 0.1) is 0 Å². The van der Waals surface area contributed by atoms with Crippen LogP contribution in [-0.4, -0.2) is 25.6 Å². The van der Waals surface area contributed by atoms with Crippen molar-refractivity contribution in [3.05, 3.63) is 102 Å². The first kappa shape index (κ1) is 18.7. The molecule has 0 atom stereocenters. The number of hydrogen-bond acceptors (Lipinski definition) is 5. The minimum Gasteiger partial charge on any atom is -0.487 e. The second kappa shape index (κ2) is 8.59. The van der Waals surface area contributed by atoms with E-state index in [9.17, 15) is 0 Å². The van der Waals surface area contributed by atoms with Crippen molar-refractivity contribution in [3.8, 4) is 17.1 Å². The molecule has 5 aromatic rings. The highest BCUT2D eigenvalue weighted by molar-refractivity contribution is 5.78. The smallest absolute Gasteiger partial charge is 0.179 e. The Morgan fingerprint density at radius 2 is 1.68 bits per heavy atom.